The molecule has 5 N–H and O–H groups in total. The summed E-state index contributed by atoms with van der Waals surface area (Å²) < 4.78 is 0. The maximum absolute atomic E-state index is 12.1. The molecule has 0 aliphatic heterocycles. The SMILES string of the molecule is Nc1ccc(C(=O)O)c(Cl)c1.O=C(O)[C@H]1CCCC[C@H]1C(=O)Nc1ccccn1. The molecule has 8 nitrogen and oxygen atoms in total. The number of amides is 1. The van der Waals surface area contributed by atoms with E-state index in [0.717, 1.165) is 12.8 Å². The molecule has 0 radical (unpaired) electrons. The van der Waals surface area contributed by atoms with Crippen molar-refractivity contribution in [2.24, 2.45) is 11.8 Å². The summed E-state index contributed by atoms with van der Waals surface area (Å²) in [7, 11) is 0. The number of aromatic nitrogens is 1. The first kappa shape index (κ1) is 22.2. The smallest absolute Gasteiger partial charge is 0.337 e. The number of carboxylic acids is 2. The van der Waals surface area contributed by atoms with E-state index in [-0.39, 0.29) is 16.5 Å². The Morgan fingerprint density at radius 3 is 2.31 bits per heavy atom. The molecule has 1 aromatic carbocycles. The average molecular weight is 420 g/mol. The fraction of sp³-hybridized carbons (Fsp3) is 0.300. The lowest BCUT2D eigenvalue weighted by Gasteiger charge is -2.27. The van der Waals surface area contributed by atoms with Crippen molar-refractivity contribution < 1.29 is 24.6 Å². The lowest BCUT2D eigenvalue weighted by Crippen LogP contribution is -2.36. The lowest BCUT2D eigenvalue weighted by atomic mass is 9.79. The van der Waals surface area contributed by atoms with Crippen LogP contribution in [0, 0.1) is 11.8 Å². The molecule has 2 atom stereocenters. The van der Waals surface area contributed by atoms with Gasteiger partial charge >= 0.3 is 11.9 Å². The Labute approximate surface area is 172 Å². The Kier molecular flexibility index (Phi) is 7.97. The highest BCUT2D eigenvalue weighted by Crippen LogP contribution is 2.31. The summed E-state index contributed by atoms with van der Waals surface area (Å²) in [6, 6.07) is 9.51. The van der Waals surface area contributed by atoms with Crippen LogP contribution in [0.15, 0.2) is 42.6 Å². The van der Waals surface area contributed by atoms with Crippen LogP contribution in [0.5, 0.6) is 0 Å². The minimum absolute atomic E-state index is 0.0702. The highest BCUT2D eigenvalue weighted by molar-refractivity contribution is 6.33. The van der Waals surface area contributed by atoms with Crippen molar-refractivity contribution in [1.29, 1.82) is 0 Å². The first-order chi connectivity index (χ1) is 13.8. The molecule has 154 valence electrons. The number of carboxylic acid groups (broad SMARTS) is 2. The number of halogens is 1. The highest BCUT2D eigenvalue weighted by Gasteiger charge is 2.35. The van der Waals surface area contributed by atoms with Crippen molar-refractivity contribution in [3.63, 3.8) is 0 Å². The second-order valence-electron chi connectivity index (χ2n) is 6.58. The Morgan fingerprint density at radius 2 is 1.76 bits per heavy atom. The predicted molar refractivity (Wildman–Crippen MR) is 109 cm³/mol. The van der Waals surface area contributed by atoms with E-state index in [1.807, 2.05) is 0 Å². The number of aliphatic carboxylic acids is 1. The molecule has 0 bridgehead atoms. The third-order valence-corrected chi connectivity index (χ3v) is 4.87. The van der Waals surface area contributed by atoms with Gasteiger partial charge in [-0.3, -0.25) is 9.59 Å². The molecular formula is C20H22ClN3O5. The number of nitrogens with zero attached hydrogens (tertiary/aromatic N) is 1. The van der Waals surface area contributed by atoms with Gasteiger partial charge in [0, 0.05) is 11.9 Å². The molecule has 29 heavy (non-hydrogen) atoms. The highest BCUT2D eigenvalue weighted by atomic mass is 35.5. The van der Waals surface area contributed by atoms with Gasteiger partial charge in [-0.15, -0.1) is 0 Å². The van der Waals surface area contributed by atoms with E-state index in [1.165, 1.54) is 18.2 Å². The van der Waals surface area contributed by atoms with E-state index in [0.29, 0.717) is 24.3 Å². The summed E-state index contributed by atoms with van der Waals surface area (Å²) in [5.41, 5.74) is 5.88. The summed E-state index contributed by atoms with van der Waals surface area (Å²) in [6.07, 6.45) is 4.59. The minimum Gasteiger partial charge on any atom is -0.481 e. The quantitative estimate of drug-likeness (QED) is 0.555. The van der Waals surface area contributed by atoms with Crippen LogP contribution in [0.4, 0.5) is 11.5 Å². The minimum atomic E-state index is -1.05. The van der Waals surface area contributed by atoms with Crippen LogP contribution in [0.1, 0.15) is 36.0 Å². The summed E-state index contributed by atoms with van der Waals surface area (Å²) >= 11 is 5.56. The van der Waals surface area contributed by atoms with Gasteiger partial charge in [0.15, 0.2) is 0 Å². The second-order valence-corrected chi connectivity index (χ2v) is 6.99. The number of rotatable bonds is 4. The van der Waals surface area contributed by atoms with Crippen LogP contribution >= 0.6 is 11.6 Å². The van der Waals surface area contributed by atoms with Crippen LogP contribution in [0.25, 0.3) is 0 Å². The van der Waals surface area contributed by atoms with Crippen LogP contribution in [0.3, 0.4) is 0 Å². The number of carbonyl (C=O) groups is 3. The Bertz CT molecular complexity index is 876. The lowest BCUT2D eigenvalue weighted by molar-refractivity contribution is -0.147. The van der Waals surface area contributed by atoms with E-state index in [2.05, 4.69) is 10.3 Å². The first-order valence-electron chi connectivity index (χ1n) is 9.02. The molecular weight excluding hydrogens is 398 g/mol. The molecule has 0 saturated heterocycles. The van der Waals surface area contributed by atoms with E-state index in [4.69, 9.17) is 27.5 Å². The number of nitrogens with two attached hydrogens (primary N) is 1. The molecule has 2 aromatic rings. The maximum Gasteiger partial charge on any atom is 0.337 e. The zero-order valence-corrected chi connectivity index (χ0v) is 16.3. The van der Waals surface area contributed by atoms with Gasteiger partial charge in [0.05, 0.1) is 22.4 Å². The van der Waals surface area contributed by atoms with E-state index < -0.39 is 23.8 Å². The molecule has 1 aliphatic rings. The van der Waals surface area contributed by atoms with Crippen molar-refractivity contribution >= 4 is 41.0 Å². The van der Waals surface area contributed by atoms with Gasteiger partial charge in [0.25, 0.3) is 0 Å². The topological polar surface area (TPSA) is 143 Å². The van der Waals surface area contributed by atoms with Gasteiger partial charge in [-0.1, -0.05) is 30.5 Å². The second kappa shape index (κ2) is 10.4. The monoisotopic (exact) mass is 419 g/mol. The number of pyridine rings is 1. The fourth-order valence-electron chi connectivity index (χ4n) is 3.10. The average Bonchev–Trinajstić information content (AvgIpc) is 2.69. The number of nitrogens with one attached hydrogen (secondary N) is 1. The predicted octanol–water partition coefficient (Wildman–Crippen LogP) is 3.53. The molecule has 1 heterocycles. The van der Waals surface area contributed by atoms with Gasteiger partial charge in [-0.05, 0) is 43.2 Å². The number of carbonyl (C=O) groups excluding carboxylic acids is 1. The Hall–Kier alpha value is -3.13. The molecule has 0 unspecified atom stereocenters. The summed E-state index contributed by atoms with van der Waals surface area (Å²) in [6.45, 7) is 0. The maximum atomic E-state index is 12.1. The number of benzene rings is 1. The molecule has 1 aromatic heterocycles. The Balaban J connectivity index is 0.000000234. The third-order valence-electron chi connectivity index (χ3n) is 4.56. The zero-order valence-electron chi connectivity index (χ0n) is 15.5. The van der Waals surface area contributed by atoms with Gasteiger partial charge in [-0.2, -0.15) is 0 Å². The standard InChI is InChI=1S/C13H16N2O3.C7H6ClNO2/c16-12(15-11-7-3-4-8-14-11)9-5-1-2-6-10(9)13(17)18;8-6-3-4(9)1-2-5(6)7(10)11/h3-4,7-10H,1-2,5-6H2,(H,17,18)(H,14,15,16);1-3H,9H2,(H,10,11)/t9-,10+;/m1./s1. The summed E-state index contributed by atoms with van der Waals surface area (Å²) in [5.74, 6) is -2.70. The van der Waals surface area contributed by atoms with Crippen molar-refractivity contribution in [1.82, 2.24) is 4.98 Å². The number of hydrogen-bond donors (Lipinski definition) is 4. The fourth-order valence-corrected chi connectivity index (χ4v) is 3.37. The van der Waals surface area contributed by atoms with Gasteiger partial charge in [0.1, 0.15) is 5.82 Å². The van der Waals surface area contributed by atoms with E-state index in [1.54, 1.807) is 24.4 Å². The van der Waals surface area contributed by atoms with Crippen LogP contribution in [0.2, 0.25) is 5.02 Å². The Morgan fingerprint density at radius 1 is 1.07 bits per heavy atom. The van der Waals surface area contributed by atoms with Crippen LogP contribution in [-0.4, -0.2) is 33.0 Å². The van der Waals surface area contributed by atoms with Crippen LogP contribution in [-0.2, 0) is 9.59 Å². The number of nitrogen functional groups attached to an aromatic ring is 1. The summed E-state index contributed by atoms with van der Waals surface area (Å²) in [4.78, 5) is 37.6. The molecule has 9 heteroatoms. The van der Waals surface area contributed by atoms with Crippen LogP contribution < -0.4 is 11.1 Å². The van der Waals surface area contributed by atoms with Crippen molar-refractivity contribution in [3.05, 3.63) is 53.2 Å². The number of anilines is 2. The van der Waals surface area contributed by atoms with Crippen molar-refractivity contribution in [3.8, 4) is 0 Å². The molecule has 1 aliphatic carbocycles. The summed E-state index contributed by atoms with van der Waals surface area (Å²) in [5, 5.41) is 20.5. The molecule has 1 fully saturated rings. The molecule has 3 rings (SSSR count). The van der Waals surface area contributed by atoms with E-state index >= 15 is 0 Å². The molecule has 0 spiro atoms. The molecule has 1 saturated carbocycles. The van der Waals surface area contributed by atoms with Gasteiger partial charge in [0.2, 0.25) is 5.91 Å². The number of hydrogen-bond acceptors (Lipinski definition) is 5. The van der Waals surface area contributed by atoms with E-state index in [9.17, 15) is 14.4 Å². The van der Waals surface area contributed by atoms with Gasteiger partial charge < -0.3 is 21.3 Å². The first-order valence-corrected chi connectivity index (χ1v) is 9.40. The van der Waals surface area contributed by atoms with Gasteiger partial charge in [-0.25, -0.2) is 9.78 Å². The third kappa shape index (κ3) is 6.46. The normalized spacial score (nSPS) is 18.1. The molecule has 1 amide bonds. The van der Waals surface area contributed by atoms with Crippen molar-refractivity contribution in [2.75, 3.05) is 11.1 Å². The van der Waals surface area contributed by atoms with Crippen molar-refractivity contribution in [2.45, 2.75) is 25.7 Å². The zero-order chi connectivity index (χ0) is 21.4. The number of aromatic carboxylic acids is 1. The largest absolute Gasteiger partial charge is 0.481 e.